The van der Waals surface area contributed by atoms with E-state index in [1.807, 2.05) is 0 Å². The van der Waals surface area contributed by atoms with Crippen LogP contribution in [0.2, 0.25) is 0 Å². The van der Waals surface area contributed by atoms with Crippen LogP contribution in [0.15, 0.2) is 12.2 Å². The second-order valence-corrected chi connectivity index (χ2v) is 5.87. The molecule has 2 N–H and O–H groups in total. The Balaban J connectivity index is 3.17. The fourth-order valence-electron chi connectivity index (χ4n) is 2.36. The highest BCUT2D eigenvalue weighted by atomic mass is 16.4. The molecular weight excluding hydrogens is 264 g/mol. The Kier molecular flexibility index (Phi) is 14.9. The third kappa shape index (κ3) is 15.4. The van der Waals surface area contributed by atoms with E-state index in [9.17, 15) is 4.79 Å². The summed E-state index contributed by atoms with van der Waals surface area (Å²) in [6.07, 6.45) is 18.3. The van der Waals surface area contributed by atoms with Gasteiger partial charge in [-0.25, -0.2) is 4.79 Å². The topological polar surface area (TPSA) is 57.5 Å². The highest BCUT2D eigenvalue weighted by Gasteiger charge is 2.11. The normalized spacial score (nSPS) is 12.9. The average Bonchev–Trinajstić information content (AvgIpc) is 2.47. The molecule has 0 amide bonds. The van der Waals surface area contributed by atoms with Gasteiger partial charge in [0.15, 0.2) is 6.10 Å². The molecular formula is C18H34O3. The van der Waals surface area contributed by atoms with Crippen molar-refractivity contribution in [3.05, 3.63) is 12.2 Å². The molecule has 0 radical (unpaired) electrons. The standard InChI is InChI=1S/C18H34O3/c1-2-3-4-5-6-7-8-9-10-11-12-13-14-15-16-17(19)18(20)21/h10-11,17,19H,2-9,12-16H2,1H3,(H,20,21). The molecule has 124 valence electrons. The summed E-state index contributed by atoms with van der Waals surface area (Å²) in [5, 5.41) is 17.6. The molecule has 3 heteroatoms. The highest BCUT2D eigenvalue weighted by molar-refractivity contribution is 5.71. The van der Waals surface area contributed by atoms with Gasteiger partial charge >= 0.3 is 5.97 Å². The molecule has 0 saturated carbocycles. The molecule has 0 bridgehead atoms. The Morgan fingerprint density at radius 3 is 1.86 bits per heavy atom. The lowest BCUT2D eigenvalue weighted by Crippen LogP contribution is -2.18. The Hall–Kier alpha value is -0.830. The van der Waals surface area contributed by atoms with Gasteiger partial charge in [-0.15, -0.1) is 0 Å². The minimum absolute atomic E-state index is 0.372. The van der Waals surface area contributed by atoms with Crippen molar-refractivity contribution in [2.75, 3.05) is 0 Å². The summed E-state index contributed by atoms with van der Waals surface area (Å²) in [5.74, 6) is -1.11. The van der Waals surface area contributed by atoms with E-state index >= 15 is 0 Å². The van der Waals surface area contributed by atoms with Gasteiger partial charge in [0, 0.05) is 0 Å². The number of unbranched alkanes of at least 4 members (excludes halogenated alkanes) is 10. The number of carboxylic acid groups (broad SMARTS) is 1. The Bertz CT molecular complexity index is 261. The van der Waals surface area contributed by atoms with Gasteiger partial charge in [-0.2, -0.15) is 0 Å². The maximum Gasteiger partial charge on any atom is 0.332 e. The summed E-state index contributed by atoms with van der Waals surface area (Å²) in [4.78, 5) is 10.4. The lowest BCUT2D eigenvalue weighted by atomic mass is 10.1. The van der Waals surface area contributed by atoms with Crippen LogP contribution in [0.5, 0.6) is 0 Å². The molecule has 0 saturated heterocycles. The first-order valence-corrected chi connectivity index (χ1v) is 8.74. The first-order valence-electron chi connectivity index (χ1n) is 8.74. The van der Waals surface area contributed by atoms with Crippen LogP contribution < -0.4 is 0 Å². The van der Waals surface area contributed by atoms with E-state index < -0.39 is 12.1 Å². The lowest BCUT2D eigenvalue weighted by Gasteiger charge is -2.03. The van der Waals surface area contributed by atoms with Crippen LogP contribution in [0.4, 0.5) is 0 Å². The number of rotatable bonds is 15. The second kappa shape index (κ2) is 15.6. The van der Waals surface area contributed by atoms with E-state index in [4.69, 9.17) is 10.2 Å². The fourth-order valence-corrected chi connectivity index (χ4v) is 2.36. The van der Waals surface area contributed by atoms with Crippen molar-refractivity contribution in [3.63, 3.8) is 0 Å². The van der Waals surface area contributed by atoms with Gasteiger partial charge in [0.25, 0.3) is 0 Å². The number of hydrogen-bond acceptors (Lipinski definition) is 2. The van der Waals surface area contributed by atoms with Crippen LogP contribution in [0.1, 0.15) is 90.4 Å². The molecule has 0 rings (SSSR count). The third-order valence-corrected chi connectivity index (χ3v) is 3.77. The van der Waals surface area contributed by atoms with Crippen LogP contribution in [-0.2, 0) is 4.79 Å². The monoisotopic (exact) mass is 298 g/mol. The Morgan fingerprint density at radius 2 is 1.33 bits per heavy atom. The van der Waals surface area contributed by atoms with Crippen molar-refractivity contribution >= 4 is 5.97 Å². The molecule has 0 aromatic rings. The largest absolute Gasteiger partial charge is 0.479 e. The second-order valence-electron chi connectivity index (χ2n) is 5.87. The van der Waals surface area contributed by atoms with Crippen molar-refractivity contribution in [3.8, 4) is 0 Å². The van der Waals surface area contributed by atoms with Crippen LogP contribution in [0, 0.1) is 0 Å². The van der Waals surface area contributed by atoms with Gasteiger partial charge in [-0.3, -0.25) is 0 Å². The molecule has 1 unspecified atom stereocenters. The molecule has 0 spiro atoms. The van der Waals surface area contributed by atoms with Crippen LogP contribution >= 0.6 is 0 Å². The molecule has 0 aromatic heterocycles. The fraction of sp³-hybridized carbons (Fsp3) is 0.833. The van der Waals surface area contributed by atoms with Crippen molar-refractivity contribution in [2.24, 2.45) is 0 Å². The smallest absolute Gasteiger partial charge is 0.332 e. The minimum atomic E-state index is -1.18. The zero-order valence-electron chi connectivity index (χ0n) is 13.7. The van der Waals surface area contributed by atoms with Gasteiger partial charge in [-0.1, -0.05) is 70.4 Å². The van der Waals surface area contributed by atoms with E-state index in [1.165, 1.54) is 51.4 Å². The molecule has 0 aromatic carbocycles. The average molecular weight is 298 g/mol. The van der Waals surface area contributed by atoms with Crippen LogP contribution in [0.25, 0.3) is 0 Å². The van der Waals surface area contributed by atoms with E-state index in [1.54, 1.807) is 0 Å². The summed E-state index contributed by atoms with van der Waals surface area (Å²) >= 11 is 0. The molecule has 0 fully saturated rings. The number of aliphatic hydroxyl groups excluding tert-OH is 1. The van der Waals surface area contributed by atoms with E-state index in [2.05, 4.69) is 19.1 Å². The van der Waals surface area contributed by atoms with E-state index in [0.29, 0.717) is 6.42 Å². The lowest BCUT2D eigenvalue weighted by molar-refractivity contribution is -0.146. The van der Waals surface area contributed by atoms with Crippen molar-refractivity contribution < 1.29 is 15.0 Å². The molecule has 21 heavy (non-hydrogen) atoms. The number of carboxylic acids is 1. The maximum atomic E-state index is 10.4. The Labute approximate surface area is 130 Å². The summed E-state index contributed by atoms with van der Waals surface area (Å²) in [6.45, 7) is 2.25. The van der Waals surface area contributed by atoms with Crippen LogP contribution in [-0.4, -0.2) is 22.3 Å². The molecule has 0 aliphatic carbocycles. The molecule has 0 aliphatic rings. The summed E-state index contributed by atoms with van der Waals surface area (Å²) < 4.78 is 0. The number of aliphatic carboxylic acids is 1. The zero-order valence-corrected chi connectivity index (χ0v) is 13.7. The van der Waals surface area contributed by atoms with Crippen molar-refractivity contribution in [2.45, 2.75) is 96.5 Å². The van der Waals surface area contributed by atoms with Crippen molar-refractivity contribution in [1.82, 2.24) is 0 Å². The number of carbonyl (C=O) groups is 1. The molecule has 3 nitrogen and oxygen atoms in total. The van der Waals surface area contributed by atoms with Gasteiger partial charge in [-0.05, 0) is 32.1 Å². The predicted molar refractivity (Wildman–Crippen MR) is 88.5 cm³/mol. The summed E-state index contributed by atoms with van der Waals surface area (Å²) in [7, 11) is 0. The zero-order chi connectivity index (χ0) is 15.8. The van der Waals surface area contributed by atoms with Crippen molar-refractivity contribution in [1.29, 1.82) is 0 Å². The number of allylic oxidation sites excluding steroid dienone is 2. The quantitative estimate of drug-likeness (QED) is 0.327. The maximum absolute atomic E-state index is 10.4. The van der Waals surface area contributed by atoms with Gasteiger partial charge in [0.1, 0.15) is 0 Å². The summed E-state index contributed by atoms with van der Waals surface area (Å²) in [6, 6.07) is 0. The van der Waals surface area contributed by atoms with Crippen LogP contribution in [0.3, 0.4) is 0 Å². The third-order valence-electron chi connectivity index (χ3n) is 3.77. The SMILES string of the molecule is CCCCCCCCCC=CCCCCCC(O)C(=O)O. The first kappa shape index (κ1) is 20.2. The first-order chi connectivity index (χ1) is 10.2. The van der Waals surface area contributed by atoms with Gasteiger partial charge in [0.05, 0.1) is 0 Å². The molecule has 1 atom stereocenters. The van der Waals surface area contributed by atoms with E-state index in [0.717, 1.165) is 25.7 Å². The molecule has 0 aliphatic heterocycles. The summed E-state index contributed by atoms with van der Waals surface area (Å²) in [5.41, 5.74) is 0. The highest BCUT2D eigenvalue weighted by Crippen LogP contribution is 2.10. The van der Waals surface area contributed by atoms with E-state index in [-0.39, 0.29) is 0 Å². The predicted octanol–water partition coefficient (Wildman–Crippen LogP) is 5.08. The van der Waals surface area contributed by atoms with Gasteiger partial charge in [0.2, 0.25) is 0 Å². The Morgan fingerprint density at radius 1 is 0.857 bits per heavy atom. The van der Waals surface area contributed by atoms with Gasteiger partial charge < -0.3 is 10.2 Å². The minimum Gasteiger partial charge on any atom is -0.479 e. The number of aliphatic hydroxyl groups is 1. The number of hydrogen-bond donors (Lipinski definition) is 2. The molecule has 0 heterocycles.